The first-order chi connectivity index (χ1) is 13.7. The molecule has 0 bridgehead atoms. The van der Waals surface area contributed by atoms with Gasteiger partial charge in [-0.05, 0) is 47.5 Å². The van der Waals surface area contributed by atoms with Gasteiger partial charge < -0.3 is 10.1 Å². The van der Waals surface area contributed by atoms with Crippen molar-refractivity contribution in [2.75, 3.05) is 0 Å². The Labute approximate surface area is 175 Å². The van der Waals surface area contributed by atoms with E-state index in [1.165, 1.54) is 36.4 Å². The molecule has 29 heavy (non-hydrogen) atoms. The molecule has 7 nitrogen and oxygen atoms in total. The van der Waals surface area contributed by atoms with Gasteiger partial charge in [-0.2, -0.15) is 0 Å². The summed E-state index contributed by atoms with van der Waals surface area (Å²) >= 11 is 3.06. The van der Waals surface area contributed by atoms with Gasteiger partial charge in [-0.15, -0.1) is 0 Å². The molecule has 0 heterocycles. The van der Waals surface area contributed by atoms with Crippen LogP contribution in [0.3, 0.4) is 0 Å². The Morgan fingerprint density at radius 3 is 2.55 bits per heavy atom. The molecule has 2 aromatic rings. The second-order valence-corrected chi connectivity index (χ2v) is 7.46. The van der Waals surface area contributed by atoms with Gasteiger partial charge in [-0.1, -0.05) is 24.3 Å². The number of rotatable bonds is 8. The van der Waals surface area contributed by atoms with Gasteiger partial charge in [0, 0.05) is 6.07 Å². The van der Waals surface area contributed by atoms with Crippen LogP contribution >= 0.6 is 15.9 Å². The zero-order valence-corrected chi connectivity index (χ0v) is 17.4. The van der Waals surface area contributed by atoms with Gasteiger partial charge >= 0.3 is 5.97 Å². The molecule has 9 heteroatoms. The Hall–Kier alpha value is -2.81. The average molecular weight is 467 g/mol. The second-order valence-electron chi connectivity index (χ2n) is 6.60. The molecule has 1 N–H and O–H groups in total. The molecule has 0 aliphatic carbocycles. The molecule has 0 aromatic heterocycles. The normalized spacial score (nSPS) is 11.8. The van der Waals surface area contributed by atoms with E-state index < -0.39 is 28.7 Å². The topological polar surface area (TPSA) is 98.5 Å². The summed E-state index contributed by atoms with van der Waals surface area (Å²) in [5.41, 5.74) is 0.536. The molecule has 1 atom stereocenters. The second kappa shape index (κ2) is 10.1. The van der Waals surface area contributed by atoms with Gasteiger partial charge in [0.05, 0.1) is 39.9 Å². The Kier molecular flexibility index (Phi) is 7.83. The third kappa shape index (κ3) is 6.63. The van der Waals surface area contributed by atoms with Gasteiger partial charge in [-0.3, -0.25) is 19.7 Å². The number of ether oxygens (including phenoxy) is 1. The molecule has 1 amide bonds. The summed E-state index contributed by atoms with van der Waals surface area (Å²) in [6.07, 6.45) is -0.710. The van der Waals surface area contributed by atoms with Crippen LogP contribution in [0.5, 0.6) is 0 Å². The van der Waals surface area contributed by atoms with Crippen LogP contribution in [0.15, 0.2) is 46.9 Å². The van der Waals surface area contributed by atoms with Crippen molar-refractivity contribution in [3.05, 3.63) is 74.0 Å². The molecule has 0 spiro atoms. The Bertz CT molecular complexity index is 919. The third-order valence-electron chi connectivity index (χ3n) is 3.93. The fourth-order valence-electron chi connectivity index (χ4n) is 2.75. The quantitative estimate of drug-likeness (QED) is 0.356. The predicted molar refractivity (Wildman–Crippen MR) is 108 cm³/mol. The fourth-order valence-corrected chi connectivity index (χ4v) is 3.17. The van der Waals surface area contributed by atoms with Crippen LogP contribution in [-0.2, 0) is 20.7 Å². The number of hydrogen-bond acceptors (Lipinski definition) is 5. The lowest BCUT2D eigenvalue weighted by Crippen LogP contribution is -2.32. The maximum Gasteiger partial charge on any atom is 0.308 e. The van der Waals surface area contributed by atoms with E-state index in [1.807, 2.05) is 0 Å². The molecule has 0 radical (unpaired) electrons. The van der Waals surface area contributed by atoms with Crippen LogP contribution in [0.2, 0.25) is 0 Å². The fraction of sp³-hybridized carbons (Fsp3) is 0.300. The zero-order chi connectivity index (χ0) is 21.6. The molecule has 2 rings (SSSR count). The largest absolute Gasteiger partial charge is 0.463 e. The van der Waals surface area contributed by atoms with Crippen molar-refractivity contribution >= 4 is 33.5 Å². The number of carbonyl (C=O) groups is 2. The highest BCUT2D eigenvalue weighted by Crippen LogP contribution is 2.28. The number of halogens is 2. The average Bonchev–Trinajstić information content (AvgIpc) is 2.63. The standard InChI is InChI=1S/C20H20BrFN2O5/c1-12(2)29-20(26)11-17(14-5-3-4-6-18(14)24(27)28)23-19(25)10-13-7-8-16(22)15(21)9-13/h3-9,12,17H,10-11H2,1-2H3,(H,23,25). The highest BCUT2D eigenvalue weighted by Gasteiger charge is 2.26. The van der Waals surface area contributed by atoms with E-state index >= 15 is 0 Å². The summed E-state index contributed by atoms with van der Waals surface area (Å²) in [4.78, 5) is 35.5. The van der Waals surface area contributed by atoms with Gasteiger partial charge in [0.1, 0.15) is 5.82 Å². The molecular formula is C20H20BrFN2O5. The van der Waals surface area contributed by atoms with Crippen LogP contribution in [0.1, 0.15) is 37.4 Å². The maximum absolute atomic E-state index is 13.4. The molecule has 2 aromatic carbocycles. The first-order valence-corrected chi connectivity index (χ1v) is 9.62. The predicted octanol–water partition coefficient (Wildman–Crippen LogP) is 4.24. The summed E-state index contributed by atoms with van der Waals surface area (Å²) < 4.78 is 18.7. The molecule has 0 saturated heterocycles. The van der Waals surface area contributed by atoms with E-state index in [2.05, 4.69) is 21.2 Å². The van der Waals surface area contributed by atoms with Crippen molar-refractivity contribution in [2.45, 2.75) is 38.8 Å². The van der Waals surface area contributed by atoms with Crippen molar-refractivity contribution in [1.82, 2.24) is 5.32 Å². The summed E-state index contributed by atoms with van der Waals surface area (Å²) in [7, 11) is 0. The molecule has 0 aliphatic heterocycles. The number of nitrogens with one attached hydrogen (secondary N) is 1. The van der Waals surface area contributed by atoms with Crippen LogP contribution in [0.25, 0.3) is 0 Å². The number of esters is 1. The molecule has 154 valence electrons. The van der Waals surface area contributed by atoms with Crippen molar-refractivity contribution < 1.29 is 23.6 Å². The minimum absolute atomic E-state index is 0.0881. The molecule has 0 saturated carbocycles. The molecule has 0 fully saturated rings. The minimum atomic E-state index is -0.945. The summed E-state index contributed by atoms with van der Waals surface area (Å²) in [6, 6.07) is 9.11. The number of nitro groups is 1. The van der Waals surface area contributed by atoms with Crippen LogP contribution in [0.4, 0.5) is 10.1 Å². The smallest absolute Gasteiger partial charge is 0.308 e. The number of nitro benzene ring substituents is 1. The van der Waals surface area contributed by atoms with Crippen LogP contribution < -0.4 is 5.32 Å². The highest BCUT2D eigenvalue weighted by atomic mass is 79.9. The lowest BCUT2D eigenvalue weighted by atomic mass is 10.0. The van der Waals surface area contributed by atoms with Crippen molar-refractivity contribution in [1.29, 1.82) is 0 Å². The van der Waals surface area contributed by atoms with E-state index in [0.717, 1.165) is 0 Å². The number of para-hydroxylation sites is 1. The van der Waals surface area contributed by atoms with Gasteiger partial charge in [-0.25, -0.2) is 4.39 Å². The highest BCUT2D eigenvalue weighted by molar-refractivity contribution is 9.10. The number of hydrogen-bond donors (Lipinski definition) is 1. The Morgan fingerprint density at radius 2 is 1.93 bits per heavy atom. The monoisotopic (exact) mass is 466 g/mol. The molecule has 0 aliphatic rings. The van der Waals surface area contributed by atoms with Crippen LogP contribution in [0, 0.1) is 15.9 Å². The third-order valence-corrected chi connectivity index (χ3v) is 4.54. The van der Waals surface area contributed by atoms with Crippen molar-refractivity contribution in [3.8, 4) is 0 Å². The lowest BCUT2D eigenvalue weighted by molar-refractivity contribution is -0.385. The first-order valence-electron chi connectivity index (χ1n) is 8.83. The zero-order valence-electron chi connectivity index (χ0n) is 15.9. The molecule has 1 unspecified atom stereocenters. The Morgan fingerprint density at radius 1 is 1.24 bits per heavy atom. The van der Waals surface area contributed by atoms with E-state index in [0.29, 0.717) is 5.56 Å². The summed E-state index contributed by atoms with van der Waals surface area (Å²) in [6.45, 7) is 3.37. The van der Waals surface area contributed by atoms with Gasteiger partial charge in [0.25, 0.3) is 5.69 Å². The van der Waals surface area contributed by atoms with Gasteiger partial charge in [0.15, 0.2) is 0 Å². The van der Waals surface area contributed by atoms with Crippen LogP contribution in [-0.4, -0.2) is 22.9 Å². The summed E-state index contributed by atoms with van der Waals surface area (Å²) in [5, 5.41) is 14.0. The van der Waals surface area contributed by atoms with E-state index in [-0.39, 0.29) is 34.7 Å². The number of amides is 1. The first kappa shape index (κ1) is 22.5. The SMILES string of the molecule is CC(C)OC(=O)CC(NC(=O)Cc1ccc(F)c(Br)c1)c1ccccc1[N+](=O)[O-]. The van der Waals surface area contributed by atoms with Crippen molar-refractivity contribution in [2.24, 2.45) is 0 Å². The minimum Gasteiger partial charge on any atom is -0.463 e. The number of benzene rings is 2. The van der Waals surface area contributed by atoms with Crippen molar-refractivity contribution in [3.63, 3.8) is 0 Å². The number of nitrogens with zero attached hydrogens (tertiary/aromatic N) is 1. The van der Waals surface area contributed by atoms with E-state index in [1.54, 1.807) is 19.9 Å². The van der Waals surface area contributed by atoms with E-state index in [4.69, 9.17) is 4.74 Å². The lowest BCUT2D eigenvalue weighted by Gasteiger charge is -2.19. The van der Waals surface area contributed by atoms with E-state index in [9.17, 15) is 24.1 Å². The summed E-state index contributed by atoms with van der Waals surface area (Å²) in [5.74, 6) is -1.51. The number of carbonyl (C=O) groups excluding carboxylic acids is 2. The van der Waals surface area contributed by atoms with Gasteiger partial charge in [0.2, 0.25) is 5.91 Å². The maximum atomic E-state index is 13.4. The molecular weight excluding hydrogens is 447 g/mol. The Balaban J connectivity index is 2.25.